The topological polar surface area (TPSA) is 96.8 Å². The summed E-state index contributed by atoms with van der Waals surface area (Å²) in [6.45, 7) is 7.27. The zero-order valence-electron chi connectivity index (χ0n) is 21.5. The van der Waals surface area contributed by atoms with Crippen LogP contribution in [0, 0.1) is 5.82 Å². The number of fused-ring (bicyclic) bond motifs is 3. The molecule has 0 saturated carbocycles. The zero-order valence-corrected chi connectivity index (χ0v) is 23.0. The lowest BCUT2D eigenvalue weighted by Gasteiger charge is -2.43. The maximum absolute atomic E-state index is 15.8. The molecule has 0 unspecified atom stereocenters. The van der Waals surface area contributed by atoms with Crippen molar-refractivity contribution in [3.63, 3.8) is 0 Å². The standard InChI is InChI=1S/C25H29BrFN7O3/c1-25(2,3)37-24(35)34(9-14-7-6-8-28-31-14)22-18-16-12-36-13-17(16)19(26)20(27)21(18)29-23(30-22)33-10-15(11-33)32(4)5/h6-8,15H,9-13H2,1-5H3. The van der Waals surface area contributed by atoms with Crippen LogP contribution in [0.4, 0.5) is 21.0 Å². The second-order valence-electron chi connectivity index (χ2n) is 10.5. The summed E-state index contributed by atoms with van der Waals surface area (Å²) in [6, 6.07) is 3.83. The Kier molecular flexibility index (Phi) is 6.75. The van der Waals surface area contributed by atoms with Crippen LogP contribution in [0.3, 0.4) is 0 Å². The third-order valence-electron chi connectivity index (χ3n) is 6.40. The average Bonchev–Trinajstić information content (AvgIpc) is 3.29. The van der Waals surface area contributed by atoms with Gasteiger partial charge >= 0.3 is 6.09 Å². The molecule has 0 aliphatic carbocycles. The minimum absolute atomic E-state index is 0.0297. The fourth-order valence-electron chi connectivity index (χ4n) is 4.36. The van der Waals surface area contributed by atoms with Gasteiger partial charge in [-0.15, -0.1) is 0 Å². The summed E-state index contributed by atoms with van der Waals surface area (Å²) in [5.74, 6) is 0.0804. The number of amides is 1. The van der Waals surface area contributed by atoms with E-state index in [1.807, 2.05) is 19.0 Å². The first-order valence-electron chi connectivity index (χ1n) is 12.0. The smallest absolute Gasteiger partial charge is 0.416 e. The number of halogens is 2. The van der Waals surface area contributed by atoms with Gasteiger partial charge in [0.2, 0.25) is 5.95 Å². The third-order valence-corrected chi connectivity index (χ3v) is 7.22. The molecule has 37 heavy (non-hydrogen) atoms. The van der Waals surface area contributed by atoms with E-state index in [4.69, 9.17) is 14.5 Å². The first-order chi connectivity index (χ1) is 17.5. The zero-order chi connectivity index (χ0) is 26.5. The number of benzene rings is 1. The number of carbonyl (C=O) groups excluding carboxylic acids is 1. The van der Waals surface area contributed by atoms with Gasteiger partial charge in [0.05, 0.1) is 35.3 Å². The van der Waals surface area contributed by atoms with Gasteiger partial charge in [-0.05, 0) is 68.5 Å². The van der Waals surface area contributed by atoms with Crippen molar-refractivity contribution < 1.29 is 18.7 Å². The number of anilines is 2. The minimum Gasteiger partial charge on any atom is -0.443 e. The van der Waals surface area contributed by atoms with Crippen molar-refractivity contribution in [3.05, 3.63) is 45.4 Å². The van der Waals surface area contributed by atoms with E-state index in [-0.39, 0.29) is 31.1 Å². The molecule has 196 valence electrons. The summed E-state index contributed by atoms with van der Waals surface area (Å²) < 4.78 is 27.5. The number of ether oxygens (including phenoxy) is 2. The Morgan fingerprint density at radius 1 is 1.24 bits per heavy atom. The Labute approximate surface area is 222 Å². The van der Waals surface area contributed by atoms with Gasteiger partial charge in [-0.3, -0.25) is 4.90 Å². The number of rotatable bonds is 5. The van der Waals surface area contributed by atoms with Gasteiger partial charge in [0.25, 0.3) is 0 Å². The highest BCUT2D eigenvalue weighted by molar-refractivity contribution is 9.10. The SMILES string of the molecule is CN(C)C1CN(c2nc(N(Cc3cccnn3)C(=O)OC(C)(C)C)c3c4c(c(Br)c(F)c3n2)COC4)C1. The van der Waals surface area contributed by atoms with E-state index >= 15 is 4.39 Å². The van der Waals surface area contributed by atoms with Crippen molar-refractivity contribution in [2.45, 2.75) is 52.2 Å². The van der Waals surface area contributed by atoms with Crippen molar-refractivity contribution in [1.29, 1.82) is 0 Å². The lowest BCUT2D eigenvalue weighted by molar-refractivity contribution is 0.0576. The predicted molar refractivity (Wildman–Crippen MR) is 140 cm³/mol. The highest BCUT2D eigenvalue weighted by Gasteiger charge is 2.35. The van der Waals surface area contributed by atoms with Gasteiger partial charge in [-0.2, -0.15) is 15.2 Å². The summed E-state index contributed by atoms with van der Waals surface area (Å²) in [6.07, 6.45) is 0.927. The van der Waals surface area contributed by atoms with Crippen LogP contribution in [0.1, 0.15) is 37.6 Å². The van der Waals surface area contributed by atoms with Crippen LogP contribution in [0.2, 0.25) is 0 Å². The van der Waals surface area contributed by atoms with Gasteiger partial charge in [0, 0.05) is 30.9 Å². The highest BCUT2D eigenvalue weighted by Crippen LogP contribution is 2.42. The first kappa shape index (κ1) is 25.7. The molecule has 5 rings (SSSR count). The second kappa shape index (κ2) is 9.73. The molecule has 1 amide bonds. The molecular weight excluding hydrogens is 545 g/mol. The van der Waals surface area contributed by atoms with Gasteiger partial charge in [0.1, 0.15) is 11.1 Å². The molecule has 0 N–H and O–H groups in total. The molecule has 0 spiro atoms. The summed E-state index contributed by atoms with van der Waals surface area (Å²) in [5.41, 5.74) is 1.31. The van der Waals surface area contributed by atoms with Crippen molar-refractivity contribution >= 4 is 44.7 Å². The quantitative estimate of drug-likeness (QED) is 0.447. The Balaban J connectivity index is 1.71. The van der Waals surface area contributed by atoms with Gasteiger partial charge < -0.3 is 19.3 Å². The highest BCUT2D eigenvalue weighted by atomic mass is 79.9. The Hall–Kier alpha value is -2.96. The fraction of sp³-hybridized carbons (Fsp3) is 0.480. The molecule has 10 nitrogen and oxygen atoms in total. The molecule has 1 saturated heterocycles. The van der Waals surface area contributed by atoms with Crippen molar-refractivity contribution in [1.82, 2.24) is 25.1 Å². The lowest BCUT2D eigenvalue weighted by atomic mass is 10.0. The molecule has 1 aromatic carbocycles. The molecule has 12 heteroatoms. The van der Waals surface area contributed by atoms with E-state index in [9.17, 15) is 4.79 Å². The van der Waals surface area contributed by atoms with Crippen LogP contribution < -0.4 is 9.80 Å². The maximum atomic E-state index is 15.8. The largest absolute Gasteiger partial charge is 0.443 e. The third kappa shape index (κ3) is 4.97. The summed E-state index contributed by atoms with van der Waals surface area (Å²) in [5, 5.41) is 8.53. The van der Waals surface area contributed by atoms with E-state index in [2.05, 4.69) is 36.0 Å². The molecule has 2 aliphatic heterocycles. The molecule has 3 aromatic rings. The van der Waals surface area contributed by atoms with Crippen LogP contribution >= 0.6 is 15.9 Å². The normalized spacial score (nSPS) is 15.7. The molecule has 0 radical (unpaired) electrons. The average molecular weight is 574 g/mol. The number of aromatic nitrogens is 4. The van der Waals surface area contributed by atoms with E-state index in [0.717, 1.165) is 5.56 Å². The van der Waals surface area contributed by atoms with Gasteiger partial charge in [-0.1, -0.05) is 0 Å². The molecule has 0 atom stereocenters. The lowest BCUT2D eigenvalue weighted by Crippen LogP contribution is -2.58. The first-order valence-corrected chi connectivity index (χ1v) is 12.8. The number of nitrogens with zero attached hydrogens (tertiary/aromatic N) is 7. The molecule has 2 aliphatic rings. The number of likely N-dealkylation sites (N-methyl/N-ethyl adjacent to an activating group) is 1. The van der Waals surface area contributed by atoms with Crippen LogP contribution in [-0.2, 0) is 29.2 Å². The number of carbonyl (C=O) groups is 1. The van der Waals surface area contributed by atoms with E-state index < -0.39 is 17.5 Å². The van der Waals surface area contributed by atoms with Crippen LogP contribution in [0.25, 0.3) is 10.9 Å². The maximum Gasteiger partial charge on any atom is 0.416 e. The van der Waals surface area contributed by atoms with Gasteiger partial charge in [0.15, 0.2) is 11.6 Å². The number of hydrogen-bond donors (Lipinski definition) is 0. The number of hydrogen-bond acceptors (Lipinski definition) is 9. The summed E-state index contributed by atoms with van der Waals surface area (Å²) >= 11 is 3.40. The van der Waals surface area contributed by atoms with Crippen molar-refractivity contribution in [3.8, 4) is 0 Å². The molecule has 1 fully saturated rings. The predicted octanol–water partition coefficient (Wildman–Crippen LogP) is 4.04. The van der Waals surface area contributed by atoms with Gasteiger partial charge in [-0.25, -0.2) is 14.2 Å². The second-order valence-corrected chi connectivity index (χ2v) is 11.2. The molecule has 0 bridgehead atoms. The fourth-order valence-corrected chi connectivity index (χ4v) is 4.91. The summed E-state index contributed by atoms with van der Waals surface area (Å²) in [7, 11) is 4.03. The van der Waals surface area contributed by atoms with Crippen molar-refractivity contribution in [2.24, 2.45) is 0 Å². The molecule has 4 heterocycles. The Morgan fingerprint density at radius 3 is 2.62 bits per heavy atom. The van der Waals surface area contributed by atoms with E-state index in [1.54, 1.807) is 39.1 Å². The summed E-state index contributed by atoms with van der Waals surface area (Å²) in [4.78, 5) is 28.6. The van der Waals surface area contributed by atoms with Crippen LogP contribution in [0.5, 0.6) is 0 Å². The monoisotopic (exact) mass is 573 g/mol. The van der Waals surface area contributed by atoms with E-state index in [0.29, 0.717) is 46.2 Å². The molecular formula is C25H29BrFN7O3. The van der Waals surface area contributed by atoms with Crippen LogP contribution in [0.15, 0.2) is 22.8 Å². The van der Waals surface area contributed by atoms with E-state index in [1.165, 1.54) is 4.90 Å². The van der Waals surface area contributed by atoms with Crippen molar-refractivity contribution in [2.75, 3.05) is 37.0 Å². The minimum atomic E-state index is -0.765. The van der Waals surface area contributed by atoms with Crippen LogP contribution in [-0.4, -0.2) is 70.0 Å². The Bertz CT molecular complexity index is 1340. The molecule has 2 aromatic heterocycles. The Morgan fingerprint density at radius 2 is 1.97 bits per heavy atom.